The van der Waals surface area contributed by atoms with Gasteiger partial charge in [0, 0.05) is 0 Å². The fraction of sp³-hybridized carbons (Fsp3) is 0. The topological polar surface area (TPSA) is 0 Å². The summed E-state index contributed by atoms with van der Waals surface area (Å²) in [6.45, 7) is 0. The number of hydrogen-bond acceptors (Lipinski definition) is 0. The Bertz CT molecular complexity index is 37.1. The molecule has 0 saturated carbocycles. The van der Waals surface area contributed by atoms with Crippen molar-refractivity contribution in [3.8, 4) is 0 Å². The minimum atomic E-state index is -1.30. The fourth-order valence-electron chi connectivity index (χ4n) is 0. The molecule has 0 rings (SSSR count). The molecule has 0 atom stereocenters. The molecular formula is FeI5. The van der Waals surface area contributed by atoms with Gasteiger partial charge in [0.2, 0.25) is 0 Å². The maximum atomic E-state index is 2.50. The third kappa shape index (κ3) is 24.2. The van der Waals surface area contributed by atoms with Gasteiger partial charge in [-0.2, -0.15) is 0 Å². The van der Waals surface area contributed by atoms with Gasteiger partial charge in [-0.1, -0.05) is 0 Å². The van der Waals surface area contributed by atoms with E-state index in [4.69, 9.17) is 0 Å². The molecular weight excluding hydrogens is 690 g/mol. The predicted molar refractivity (Wildman–Crippen MR) is 70.1 cm³/mol. The summed E-state index contributed by atoms with van der Waals surface area (Å²) in [5.74, 6) is 0. The van der Waals surface area contributed by atoms with Crippen LogP contribution in [0.1, 0.15) is 0 Å². The second-order valence-corrected chi connectivity index (χ2v) is 93.7. The molecule has 6 heavy (non-hydrogen) atoms. The molecule has 43 valence electrons. The molecule has 0 spiro atoms. The Balaban J connectivity index is 3.73. The van der Waals surface area contributed by atoms with Gasteiger partial charge < -0.3 is 0 Å². The fourth-order valence-corrected chi connectivity index (χ4v) is 0. The molecule has 0 aliphatic heterocycles. The van der Waals surface area contributed by atoms with Crippen LogP contribution in [0, 0.1) is 0 Å². The summed E-state index contributed by atoms with van der Waals surface area (Å²) < 4.78 is -1.30. The van der Waals surface area contributed by atoms with Gasteiger partial charge >= 0.3 is 97.3 Å². The third-order valence-corrected chi connectivity index (χ3v) is 0. The first-order chi connectivity index (χ1) is 2.24. The van der Waals surface area contributed by atoms with Crippen LogP contribution >= 0.6 is 102 Å². The Morgan fingerprint density at radius 3 is 0.667 bits per heavy atom. The molecule has 0 aliphatic rings. The van der Waals surface area contributed by atoms with Gasteiger partial charge in [-0.15, -0.1) is 0 Å². The van der Waals surface area contributed by atoms with Crippen molar-refractivity contribution < 1.29 is -4.46 Å². The van der Waals surface area contributed by atoms with Crippen molar-refractivity contribution in [1.82, 2.24) is 0 Å². The van der Waals surface area contributed by atoms with Gasteiger partial charge in [-0.25, -0.2) is 0 Å². The van der Waals surface area contributed by atoms with E-state index in [1.807, 2.05) is 0 Å². The minimum absolute atomic E-state index is 1.30. The zero-order valence-corrected chi connectivity index (χ0v) is 14.1. The summed E-state index contributed by atoms with van der Waals surface area (Å²) >= 11 is 12.5. The van der Waals surface area contributed by atoms with E-state index in [0.29, 0.717) is 0 Å². The Labute approximate surface area is 94.0 Å². The van der Waals surface area contributed by atoms with E-state index >= 15 is 0 Å². The second-order valence-electron chi connectivity index (χ2n) is 0.505. The van der Waals surface area contributed by atoms with Crippen LogP contribution in [0.2, 0.25) is 0 Å². The summed E-state index contributed by atoms with van der Waals surface area (Å²) in [7, 11) is 0. The molecule has 0 aromatic rings. The van der Waals surface area contributed by atoms with E-state index in [-0.39, 0.29) is 0 Å². The molecule has 0 N–H and O–H groups in total. The van der Waals surface area contributed by atoms with Crippen molar-refractivity contribution in [2.45, 2.75) is 0 Å². The summed E-state index contributed by atoms with van der Waals surface area (Å²) in [5, 5.41) is 0. The van der Waals surface area contributed by atoms with Crippen LogP contribution in [0.25, 0.3) is 0 Å². The molecule has 0 bridgehead atoms. The summed E-state index contributed by atoms with van der Waals surface area (Å²) in [6.07, 6.45) is 0. The van der Waals surface area contributed by atoms with E-state index in [0.717, 1.165) is 0 Å². The Hall–Kier alpha value is 4.17. The molecule has 0 aromatic carbocycles. The molecule has 0 fully saturated rings. The number of halogens is 5. The van der Waals surface area contributed by atoms with Crippen molar-refractivity contribution in [3.63, 3.8) is 0 Å². The Kier molecular flexibility index (Phi) is 5.17. The molecule has 0 nitrogen and oxygen atoms in total. The average molecular weight is 690 g/mol. The van der Waals surface area contributed by atoms with Gasteiger partial charge in [0.05, 0.1) is 0 Å². The van der Waals surface area contributed by atoms with E-state index in [9.17, 15) is 0 Å². The third-order valence-electron chi connectivity index (χ3n) is 0. The molecule has 0 amide bonds. The van der Waals surface area contributed by atoms with Crippen molar-refractivity contribution in [3.05, 3.63) is 0 Å². The number of hydrogen-bond donors (Lipinski definition) is 0. The van der Waals surface area contributed by atoms with Crippen molar-refractivity contribution >= 4 is 102 Å². The summed E-state index contributed by atoms with van der Waals surface area (Å²) in [5.41, 5.74) is 0. The first-order valence-electron chi connectivity index (χ1n) is 0.668. The van der Waals surface area contributed by atoms with E-state index in [1.165, 1.54) is 0 Å². The van der Waals surface area contributed by atoms with Crippen LogP contribution in [-0.4, -0.2) is 0 Å². The van der Waals surface area contributed by atoms with Gasteiger partial charge in [0.1, 0.15) is 0 Å². The quantitative estimate of drug-likeness (QED) is 0.261. The van der Waals surface area contributed by atoms with Gasteiger partial charge in [0.15, 0.2) is 0 Å². The predicted octanol–water partition coefficient (Wildman–Crippen LogP) is 4.43. The second kappa shape index (κ2) is 3.05. The van der Waals surface area contributed by atoms with Crippen molar-refractivity contribution in [2.24, 2.45) is 0 Å². The van der Waals surface area contributed by atoms with Crippen LogP contribution in [0.3, 0.4) is 0 Å². The van der Waals surface area contributed by atoms with Gasteiger partial charge in [-0.05, 0) is 0 Å². The molecule has 0 saturated heterocycles. The molecule has 0 heterocycles. The standard InChI is InChI=1S/Fe.5HI/h;5*1H/q+5;;;;;/p-5. The van der Waals surface area contributed by atoms with Gasteiger partial charge in [-0.3, -0.25) is 0 Å². The van der Waals surface area contributed by atoms with Gasteiger partial charge in [0.25, 0.3) is 0 Å². The van der Waals surface area contributed by atoms with Crippen molar-refractivity contribution in [1.29, 1.82) is 0 Å². The van der Waals surface area contributed by atoms with Crippen LogP contribution in [0.15, 0.2) is 0 Å². The summed E-state index contributed by atoms with van der Waals surface area (Å²) in [4.78, 5) is 0. The van der Waals surface area contributed by atoms with Crippen LogP contribution in [-0.2, 0) is -4.46 Å². The molecule has 0 radical (unpaired) electrons. The van der Waals surface area contributed by atoms with E-state index < -0.39 is -4.46 Å². The monoisotopic (exact) mass is 690 g/mol. The molecule has 6 heteroatoms. The van der Waals surface area contributed by atoms with Crippen LogP contribution in [0.4, 0.5) is 0 Å². The Morgan fingerprint density at radius 1 is 0.667 bits per heavy atom. The zero-order valence-electron chi connectivity index (χ0n) is 2.24. The first kappa shape index (κ1) is 10.2. The SMILES string of the molecule is [I][Fe]([I])([I])([I])[I]. The maximum absolute atomic E-state index is 2.50. The normalized spacial score (nSPS) is 19.2. The first-order valence-corrected chi connectivity index (χ1v) is 18.5. The number of rotatable bonds is 0. The van der Waals surface area contributed by atoms with E-state index in [1.54, 1.807) is 0 Å². The van der Waals surface area contributed by atoms with E-state index in [2.05, 4.69) is 102 Å². The van der Waals surface area contributed by atoms with Crippen LogP contribution < -0.4 is 0 Å². The Morgan fingerprint density at radius 2 is 0.667 bits per heavy atom. The molecule has 0 aromatic heterocycles. The van der Waals surface area contributed by atoms with Crippen molar-refractivity contribution in [2.75, 3.05) is 0 Å². The molecule has 0 aliphatic carbocycles. The zero-order chi connectivity index (χ0) is 5.45. The summed E-state index contributed by atoms with van der Waals surface area (Å²) in [6, 6.07) is 0. The molecule has 0 unspecified atom stereocenters. The average Bonchev–Trinajstić information content (AvgIpc) is 0.650. The van der Waals surface area contributed by atoms with Crippen LogP contribution in [0.5, 0.6) is 0 Å².